The number of ether oxygens (including phenoxy) is 2. The van der Waals surface area contributed by atoms with Gasteiger partial charge in [0.2, 0.25) is 10.0 Å². The Kier molecular flexibility index (Phi) is 6.89. The van der Waals surface area contributed by atoms with Gasteiger partial charge in [-0.2, -0.15) is 18.3 Å². The number of anilines is 1. The number of nitrogens with one attached hydrogen (secondary N) is 1. The molecule has 9 nitrogen and oxygen atoms in total. The molecule has 0 unspecified atom stereocenters. The van der Waals surface area contributed by atoms with Crippen molar-refractivity contribution in [3.8, 4) is 17.2 Å². The third-order valence-electron chi connectivity index (χ3n) is 4.75. The van der Waals surface area contributed by atoms with Crippen molar-refractivity contribution in [2.75, 3.05) is 33.6 Å². The van der Waals surface area contributed by atoms with E-state index in [0.717, 1.165) is 21.1 Å². The van der Waals surface area contributed by atoms with Crippen molar-refractivity contribution in [2.45, 2.75) is 11.1 Å². The summed E-state index contributed by atoms with van der Waals surface area (Å²) in [6, 6.07) is 8.33. The first-order chi connectivity index (χ1) is 15.9. The summed E-state index contributed by atoms with van der Waals surface area (Å²) in [5, 5.41) is 6.59. The number of amides is 1. The Morgan fingerprint density at radius 2 is 1.74 bits per heavy atom. The first kappa shape index (κ1) is 25.1. The Morgan fingerprint density at radius 3 is 2.32 bits per heavy atom. The van der Waals surface area contributed by atoms with Crippen LogP contribution in [0.4, 0.5) is 18.9 Å². The molecule has 182 valence electrons. The monoisotopic (exact) mass is 498 g/mol. The normalized spacial score (nSPS) is 12.0. The van der Waals surface area contributed by atoms with E-state index < -0.39 is 27.7 Å². The van der Waals surface area contributed by atoms with Crippen LogP contribution >= 0.6 is 0 Å². The lowest BCUT2D eigenvalue weighted by molar-refractivity contribution is -0.137. The van der Waals surface area contributed by atoms with Crippen LogP contribution in [0.25, 0.3) is 5.69 Å². The minimum absolute atomic E-state index is 0.00838. The molecule has 1 heterocycles. The molecule has 0 saturated heterocycles. The van der Waals surface area contributed by atoms with E-state index in [9.17, 15) is 26.4 Å². The summed E-state index contributed by atoms with van der Waals surface area (Å²) in [5.41, 5.74) is -1.01. The fourth-order valence-electron chi connectivity index (χ4n) is 2.96. The molecule has 0 atom stereocenters. The van der Waals surface area contributed by atoms with E-state index in [1.165, 1.54) is 64.8 Å². The average molecular weight is 498 g/mol. The fourth-order valence-corrected chi connectivity index (χ4v) is 3.89. The van der Waals surface area contributed by atoms with E-state index in [4.69, 9.17) is 9.47 Å². The van der Waals surface area contributed by atoms with Gasteiger partial charge in [0, 0.05) is 14.1 Å². The van der Waals surface area contributed by atoms with Crippen molar-refractivity contribution in [3.05, 3.63) is 59.9 Å². The highest BCUT2D eigenvalue weighted by atomic mass is 32.2. The van der Waals surface area contributed by atoms with Crippen LogP contribution in [0.15, 0.2) is 53.6 Å². The number of halogens is 3. The zero-order valence-corrected chi connectivity index (χ0v) is 19.4. The van der Waals surface area contributed by atoms with E-state index in [-0.39, 0.29) is 33.5 Å². The molecular formula is C21H21F3N4O5S. The highest BCUT2D eigenvalue weighted by molar-refractivity contribution is 7.89. The van der Waals surface area contributed by atoms with Gasteiger partial charge >= 0.3 is 6.18 Å². The van der Waals surface area contributed by atoms with Crippen LogP contribution in [-0.2, 0) is 16.2 Å². The number of nitrogens with zero attached hydrogens (tertiary/aromatic N) is 3. The van der Waals surface area contributed by atoms with Gasteiger partial charge in [-0.1, -0.05) is 6.07 Å². The third-order valence-corrected chi connectivity index (χ3v) is 6.56. The second-order valence-corrected chi connectivity index (χ2v) is 9.29. The zero-order chi connectivity index (χ0) is 25.3. The summed E-state index contributed by atoms with van der Waals surface area (Å²) in [7, 11) is 1.55. The van der Waals surface area contributed by atoms with E-state index >= 15 is 0 Å². The van der Waals surface area contributed by atoms with Crippen molar-refractivity contribution < 1.29 is 35.9 Å². The number of carbonyl (C=O) groups excluding carboxylic acids is 1. The van der Waals surface area contributed by atoms with Crippen LogP contribution in [0.5, 0.6) is 11.5 Å². The summed E-state index contributed by atoms with van der Waals surface area (Å²) in [4.78, 5) is 12.9. The highest BCUT2D eigenvalue weighted by Gasteiger charge is 2.31. The summed E-state index contributed by atoms with van der Waals surface area (Å²) in [6.07, 6.45) is -3.30. The first-order valence-electron chi connectivity index (χ1n) is 9.61. The van der Waals surface area contributed by atoms with Gasteiger partial charge in [0.15, 0.2) is 11.4 Å². The van der Waals surface area contributed by atoms with Gasteiger partial charge in [-0.05, 0) is 36.4 Å². The minimum Gasteiger partial charge on any atom is -0.495 e. The maximum absolute atomic E-state index is 13.1. The number of methoxy groups -OCH3 is 2. The molecule has 3 aromatic rings. The summed E-state index contributed by atoms with van der Waals surface area (Å²) in [6.45, 7) is 0. The van der Waals surface area contributed by atoms with Crippen LogP contribution in [0.1, 0.15) is 16.1 Å². The molecule has 0 aliphatic rings. The highest BCUT2D eigenvalue weighted by Crippen LogP contribution is 2.32. The molecular weight excluding hydrogens is 477 g/mol. The summed E-state index contributed by atoms with van der Waals surface area (Å²) >= 11 is 0. The summed E-state index contributed by atoms with van der Waals surface area (Å²) < 4.78 is 76.6. The molecule has 1 aromatic heterocycles. The lowest BCUT2D eigenvalue weighted by Crippen LogP contribution is -2.22. The Hall–Kier alpha value is -3.58. The molecule has 0 saturated carbocycles. The van der Waals surface area contributed by atoms with E-state index in [0.29, 0.717) is 0 Å². The molecule has 34 heavy (non-hydrogen) atoms. The van der Waals surface area contributed by atoms with E-state index in [1.807, 2.05) is 0 Å². The lowest BCUT2D eigenvalue weighted by Gasteiger charge is -2.15. The molecule has 0 radical (unpaired) electrons. The van der Waals surface area contributed by atoms with Crippen LogP contribution in [0.2, 0.25) is 0 Å². The smallest absolute Gasteiger partial charge is 0.416 e. The first-order valence-corrected chi connectivity index (χ1v) is 11.1. The maximum atomic E-state index is 13.1. The number of aromatic nitrogens is 2. The topological polar surface area (TPSA) is 103 Å². The van der Waals surface area contributed by atoms with Crippen molar-refractivity contribution in [3.63, 3.8) is 0 Å². The Morgan fingerprint density at radius 1 is 1.06 bits per heavy atom. The number of rotatable bonds is 7. The average Bonchev–Trinajstić information content (AvgIpc) is 3.23. The predicted molar refractivity (Wildman–Crippen MR) is 117 cm³/mol. The van der Waals surface area contributed by atoms with Gasteiger partial charge < -0.3 is 14.8 Å². The molecule has 13 heteroatoms. The third kappa shape index (κ3) is 4.99. The minimum atomic E-state index is -4.55. The van der Waals surface area contributed by atoms with Gasteiger partial charge in [-0.25, -0.2) is 17.4 Å². The van der Waals surface area contributed by atoms with Gasteiger partial charge in [-0.15, -0.1) is 0 Å². The molecule has 0 fully saturated rings. The number of hydrogen-bond donors (Lipinski definition) is 1. The van der Waals surface area contributed by atoms with Gasteiger partial charge in [-0.3, -0.25) is 4.79 Å². The molecule has 1 N–H and O–H groups in total. The fraction of sp³-hybridized carbons (Fsp3) is 0.238. The van der Waals surface area contributed by atoms with Crippen molar-refractivity contribution >= 4 is 21.6 Å². The van der Waals surface area contributed by atoms with Gasteiger partial charge in [0.05, 0.1) is 42.3 Å². The lowest BCUT2D eigenvalue weighted by atomic mass is 10.2. The molecule has 0 aliphatic carbocycles. The van der Waals surface area contributed by atoms with Crippen LogP contribution in [-0.4, -0.2) is 56.7 Å². The van der Waals surface area contributed by atoms with Crippen molar-refractivity contribution in [1.29, 1.82) is 0 Å². The zero-order valence-electron chi connectivity index (χ0n) is 18.5. The second kappa shape index (κ2) is 9.35. The molecule has 2 aromatic carbocycles. The van der Waals surface area contributed by atoms with Crippen LogP contribution in [0, 0.1) is 0 Å². The molecule has 0 bridgehead atoms. The molecule has 0 spiro atoms. The SMILES string of the molecule is COc1ccc(S(=O)(=O)N(C)C)cc1NC(=O)c1nn(-c2cccc(C(F)(F)F)c2)cc1OC. The van der Waals surface area contributed by atoms with E-state index in [1.54, 1.807) is 0 Å². The molecule has 3 rings (SSSR count). The predicted octanol–water partition coefficient (Wildman–Crippen LogP) is 3.41. The van der Waals surface area contributed by atoms with Gasteiger partial charge in [0.1, 0.15) is 5.75 Å². The Bertz CT molecular complexity index is 1320. The van der Waals surface area contributed by atoms with Gasteiger partial charge in [0.25, 0.3) is 5.91 Å². The maximum Gasteiger partial charge on any atom is 0.416 e. The Labute approximate surface area is 193 Å². The largest absolute Gasteiger partial charge is 0.495 e. The molecule has 1 amide bonds. The number of carbonyl (C=O) groups is 1. The Balaban J connectivity index is 1.99. The summed E-state index contributed by atoms with van der Waals surface area (Å²) in [5.74, 6) is -0.617. The van der Waals surface area contributed by atoms with E-state index in [2.05, 4.69) is 10.4 Å². The number of sulfonamides is 1. The quantitative estimate of drug-likeness (QED) is 0.536. The number of hydrogen-bond acceptors (Lipinski definition) is 6. The van der Waals surface area contributed by atoms with Crippen molar-refractivity contribution in [2.24, 2.45) is 0 Å². The van der Waals surface area contributed by atoms with Crippen LogP contribution < -0.4 is 14.8 Å². The van der Waals surface area contributed by atoms with Crippen molar-refractivity contribution in [1.82, 2.24) is 14.1 Å². The number of benzene rings is 2. The number of alkyl halides is 3. The second-order valence-electron chi connectivity index (χ2n) is 7.14. The standard InChI is InChI=1S/C21H21F3N4O5S/c1-27(2)34(30,31)15-8-9-17(32-3)16(11-15)25-20(29)19-18(33-4)12-28(26-19)14-7-5-6-13(10-14)21(22,23)24/h5-12H,1-4H3,(H,25,29). The molecule has 0 aliphatic heterocycles. The van der Waals surface area contributed by atoms with Crippen LogP contribution in [0.3, 0.4) is 0 Å².